The van der Waals surface area contributed by atoms with Crippen LogP contribution in [0.15, 0.2) is 0 Å². The zero-order chi connectivity index (χ0) is 96.6. The molecule has 0 aromatic rings. The number of hydrogen-bond acceptors (Lipinski definition) is 18. The predicted octanol–water partition coefficient (Wildman–Crippen LogP) is 33.0. The van der Waals surface area contributed by atoms with Gasteiger partial charge in [-0.15, -0.1) is 0 Å². The molecular weight excluding hydrogens is 1660 g/mol. The van der Waals surface area contributed by atoms with Crippen molar-refractivity contribution >= 4 is 35.8 Å². The minimum atomic E-state index is -4.86. The van der Waals surface area contributed by atoms with Crippen LogP contribution in [0, 0.1) is 0 Å². The van der Waals surface area contributed by atoms with Crippen molar-refractivity contribution in [1.29, 1.82) is 0 Å². The summed E-state index contributed by atoms with van der Waals surface area (Å²) in [6.07, 6.45) is 86.6. The van der Waals surface area contributed by atoms with E-state index in [2.05, 4.69) is 41.5 Å². The van der Waals surface area contributed by atoms with Gasteiger partial charge in [-0.1, -0.05) is 581 Å². The predicted molar refractivity (Wildman–Crippen MR) is 544 cm³/mol. The van der Waals surface area contributed by atoms with E-state index >= 15 is 28.8 Å². The fraction of sp³-hybridized carbons (Fsp3) is 0.947. The molecule has 1 saturated carbocycles. The highest BCUT2D eigenvalue weighted by atomic mass is 16.9. The molecule has 0 saturated heterocycles. The molecule has 0 amide bonds. The second-order valence-electron chi connectivity index (χ2n) is 40.9. The Bertz CT molecular complexity index is 2170. The van der Waals surface area contributed by atoms with Crippen LogP contribution in [0.5, 0.6) is 0 Å². The van der Waals surface area contributed by atoms with Gasteiger partial charge in [0.15, 0.2) is 0 Å². The van der Waals surface area contributed by atoms with Crippen molar-refractivity contribution in [3.8, 4) is 0 Å². The summed E-state index contributed by atoms with van der Waals surface area (Å²) >= 11 is 0. The van der Waals surface area contributed by atoms with Crippen molar-refractivity contribution in [3.63, 3.8) is 0 Å². The van der Waals surface area contributed by atoms with Gasteiger partial charge < -0.3 is 59.1 Å². The first-order valence-corrected chi connectivity index (χ1v) is 57.9. The number of hydrogen-bond donors (Lipinski definition) is 6. The number of aliphatic hydroxyl groups is 6. The van der Waals surface area contributed by atoms with Crippen LogP contribution < -0.4 is 0 Å². The lowest BCUT2D eigenvalue weighted by atomic mass is 9.68. The van der Waals surface area contributed by atoms with E-state index in [1.54, 1.807) is 0 Å². The Hall–Kier alpha value is -3.42. The molecule has 0 bridgehead atoms. The van der Waals surface area contributed by atoms with Crippen LogP contribution in [-0.4, -0.2) is 101 Å². The minimum absolute atomic E-state index is 0.0691. The van der Waals surface area contributed by atoms with Crippen LogP contribution in [0.1, 0.15) is 658 Å². The van der Waals surface area contributed by atoms with Crippen molar-refractivity contribution in [1.82, 2.24) is 0 Å². The molecule has 6 N–H and O–H groups in total. The van der Waals surface area contributed by atoms with Gasteiger partial charge in [0.05, 0.1) is 0 Å². The molecule has 1 aliphatic rings. The molecule has 0 aromatic heterocycles. The molecule has 1 fully saturated rings. The number of carbonyl (C=O) groups excluding carboxylic acids is 6. The van der Waals surface area contributed by atoms with E-state index in [1.807, 2.05) is 0 Å². The highest BCUT2D eigenvalue weighted by molar-refractivity contribution is 5.76. The van der Waals surface area contributed by atoms with E-state index in [4.69, 9.17) is 28.4 Å². The maximum absolute atomic E-state index is 15.1. The normalized spacial score (nSPS) is 19.0. The first-order valence-electron chi connectivity index (χ1n) is 57.9. The summed E-state index contributed by atoms with van der Waals surface area (Å²) in [5.74, 6) is -38.1. The van der Waals surface area contributed by atoms with Gasteiger partial charge in [-0.05, 0) is 38.5 Å². The van der Waals surface area contributed by atoms with Crippen LogP contribution in [0.3, 0.4) is 0 Å². The Balaban J connectivity index is 4.25. The van der Waals surface area contributed by atoms with Gasteiger partial charge in [0.1, 0.15) is 0 Å². The van der Waals surface area contributed by atoms with Gasteiger partial charge in [0, 0.05) is 38.5 Å². The molecule has 18 heteroatoms. The largest absolute Gasteiger partial charge is 0.419 e. The molecule has 0 atom stereocenters. The third-order valence-electron chi connectivity index (χ3n) is 28.2. The standard InChI is InChI=1S/C114H216O18/c1-7-13-19-25-31-37-43-49-55-61-67-73-79-85-91-97-103(115)127-109(121)110(122,128-104(116)98-92-86-80-74-68-62-56-50-44-38-32-26-20-14-8-2)112(124,130-106(118)100-94-88-82-76-70-64-58-52-46-40-34-28-22-16-10-4)114(126,132-108(120)102-96-90-84-78-72-66-60-54-48-42-36-30-24-18-12-6)113(125,131-107(119)101-95-89-83-77-71-65-59-53-47-41-35-29-23-17-11-5)111(109,123)129-105(117)99-93-87-81-75-69-63-57-51-45-39-33-27-21-15-9-3/h121-126H,7-102H2,1-6H3. The van der Waals surface area contributed by atoms with E-state index in [9.17, 15) is 30.6 Å². The van der Waals surface area contributed by atoms with Gasteiger partial charge in [-0.2, -0.15) is 0 Å². The van der Waals surface area contributed by atoms with Crippen molar-refractivity contribution < 1.29 is 87.8 Å². The third-order valence-corrected chi connectivity index (χ3v) is 28.2. The molecule has 1 rings (SSSR count). The van der Waals surface area contributed by atoms with Crippen LogP contribution >= 0.6 is 0 Å². The summed E-state index contributed by atoms with van der Waals surface area (Å²) in [5.41, 5.74) is 0. The van der Waals surface area contributed by atoms with E-state index < -0.39 is 109 Å². The topological polar surface area (TPSA) is 279 Å². The maximum Gasteiger partial charge on any atom is 0.358 e. The van der Waals surface area contributed by atoms with E-state index in [0.717, 1.165) is 193 Å². The smallest absolute Gasteiger partial charge is 0.358 e. The Labute approximate surface area is 811 Å². The highest BCUT2D eigenvalue weighted by Crippen LogP contribution is 2.62. The molecule has 1 aliphatic carbocycles. The quantitative estimate of drug-likeness (QED) is 0.0143. The van der Waals surface area contributed by atoms with E-state index in [0.29, 0.717) is 77.0 Å². The monoisotopic (exact) mass is 1870 g/mol. The van der Waals surface area contributed by atoms with Gasteiger partial charge >= 0.3 is 70.5 Å². The SMILES string of the molecule is CCCCCCCCCCCCCCCCCC(=O)OC1(O)C(O)(OC(=O)CCCCCCCCCCCCCCCCC)C(O)(OC(=O)CCCCCCCCCCCCCCCCC)C(O)(OC(=O)CCCCCCCCCCCCCCCCC)C(O)(OC(=O)CCCCCCCCCCCCCCCCC)C1(O)OC(=O)CCCCCCCCCCCCCCCCC. The van der Waals surface area contributed by atoms with Crippen LogP contribution in [0.2, 0.25) is 0 Å². The molecule has 0 unspecified atom stereocenters. The van der Waals surface area contributed by atoms with Gasteiger partial charge in [0.2, 0.25) is 0 Å². The van der Waals surface area contributed by atoms with Crippen LogP contribution in [0.4, 0.5) is 0 Å². The molecule has 0 aromatic carbocycles. The Morgan fingerprint density at radius 3 is 0.250 bits per heavy atom. The van der Waals surface area contributed by atoms with Gasteiger partial charge in [0.25, 0.3) is 0 Å². The maximum atomic E-state index is 15.1. The van der Waals surface area contributed by atoms with Gasteiger partial charge in [-0.3, -0.25) is 28.8 Å². The van der Waals surface area contributed by atoms with Crippen molar-refractivity contribution in [2.75, 3.05) is 0 Å². The summed E-state index contributed by atoms with van der Waals surface area (Å²) < 4.78 is 35.4. The molecule has 0 radical (unpaired) electrons. The fourth-order valence-electron chi connectivity index (χ4n) is 19.3. The molecule has 780 valence electrons. The second kappa shape index (κ2) is 87.8. The number of ether oxygens (including phenoxy) is 6. The Morgan fingerprint density at radius 1 is 0.121 bits per heavy atom. The summed E-state index contributed by atoms with van der Waals surface area (Å²) in [7, 11) is 0. The molecule has 0 heterocycles. The lowest BCUT2D eigenvalue weighted by Gasteiger charge is -2.64. The summed E-state index contributed by atoms with van der Waals surface area (Å²) in [6.45, 7) is 13.4. The third kappa shape index (κ3) is 59.9. The van der Waals surface area contributed by atoms with Crippen molar-refractivity contribution in [2.24, 2.45) is 0 Å². The van der Waals surface area contributed by atoms with Gasteiger partial charge in [-0.25, -0.2) is 0 Å². The highest BCUT2D eigenvalue weighted by Gasteiger charge is 3.01. The number of esters is 6. The molecular formula is C114H216O18. The Morgan fingerprint density at radius 2 is 0.182 bits per heavy atom. The first-order chi connectivity index (χ1) is 64.2. The van der Waals surface area contributed by atoms with Crippen molar-refractivity contribution in [2.45, 2.75) is 693 Å². The van der Waals surface area contributed by atoms with Crippen LogP contribution in [0.25, 0.3) is 0 Å². The van der Waals surface area contributed by atoms with Crippen LogP contribution in [-0.2, 0) is 57.2 Å². The fourth-order valence-corrected chi connectivity index (χ4v) is 19.3. The average molecular weight is 1870 g/mol. The average Bonchev–Trinajstić information content (AvgIpc) is 0.644. The number of carbonyl (C=O) groups is 6. The molecule has 132 heavy (non-hydrogen) atoms. The second-order valence-corrected chi connectivity index (χ2v) is 40.9. The lowest BCUT2D eigenvalue weighted by molar-refractivity contribution is -0.627. The van der Waals surface area contributed by atoms with Crippen molar-refractivity contribution in [3.05, 3.63) is 0 Å². The number of rotatable bonds is 102. The molecule has 0 aliphatic heterocycles. The van der Waals surface area contributed by atoms with E-state index in [-0.39, 0.29) is 38.5 Å². The zero-order valence-corrected chi connectivity index (χ0v) is 87.5. The van der Waals surface area contributed by atoms with E-state index in [1.165, 1.54) is 270 Å². The Kier molecular flexibility index (Phi) is 84.2. The molecule has 18 nitrogen and oxygen atoms in total. The first kappa shape index (κ1) is 127. The summed E-state index contributed by atoms with van der Waals surface area (Å²) in [6, 6.07) is 0. The summed E-state index contributed by atoms with van der Waals surface area (Å²) in [4.78, 5) is 90.6. The minimum Gasteiger partial charge on any atom is -0.419 e. The zero-order valence-electron chi connectivity index (χ0n) is 87.5. The lowest BCUT2D eigenvalue weighted by Crippen LogP contribution is -2.98. The molecule has 0 spiro atoms. The summed E-state index contributed by atoms with van der Waals surface area (Å²) in [5, 5.41) is 84.7. The number of unbranched alkanes of at least 4 members (excludes halogenated alkanes) is 84.